The maximum Gasteiger partial charge on any atom is -0.0395 e. The second-order valence-corrected chi connectivity index (χ2v) is 2.65. The Balaban J connectivity index is 4.35. The molecule has 0 aliphatic heterocycles. The number of hydrogen-bond donors (Lipinski definition) is 0. The molecule has 0 aromatic heterocycles. The molecule has 56 valence electrons. The van der Waals surface area contributed by atoms with Crippen LogP contribution in [0.4, 0.5) is 0 Å². The van der Waals surface area contributed by atoms with Crippen LogP contribution in [0.5, 0.6) is 0 Å². The van der Waals surface area contributed by atoms with E-state index in [1.165, 1.54) is 11.1 Å². The first kappa shape index (κ1) is 9.22. The van der Waals surface area contributed by atoms with E-state index in [0.717, 1.165) is 5.57 Å². The van der Waals surface area contributed by atoms with Crippen LogP contribution in [0.2, 0.25) is 0 Å². The third-order valence-electron chi connectivity index (χ3n) is 1.52. The molecule has 0 atom stereocenters. The summed E-state index contributed by atoms with van der Waals surface area (Å²) in [7, 11) is 0. The minimum atomic E-state index is 1.11. The monoisotopic (exact) mass is 136 g/mol. The molecule has 0 nitrogen and oxygen atoms in total. The van der Waals surface area contributed by atoms with Gasteiger partial charge < -0.3 is 0 Å². The van der Waals surface area contributed by atoms with Gasteiger partial charge in [-0.1, -0.05) is 29.9 Å². The lowest BCUT2D eigenvalue weighted by atomic mass is 10.1. The molecule has 0 radical (unpaired) electrons. The molecule has 0 saturated carbocycles. The van der Waals surface area contributed by atoms with E-state index in [4.69, 9.17) is 0 Å². The van der Waals surface area contributed by atoms with Crippen molar-refractivity contribution in [2.24, 2.45) is 0 Å². The van der Waals surface area contributed by atoms with Crippen LogP contribution in [0.3, 0.4) is 0 Å². The topological polar surface area (TPSA) is 0 Å². The smallest absolute Gasteiger partial charge is 0.0395 e. The van der Waals surface area contributed by atoms with E-state index in [2.05, 4.69) is 32.6 Å². The summed E-state index contributed by atoms with van der Waals surface area (Å²) < 4.78 is 0. The standard InChI is InChI=1S/C10H16/c1-6-9(4)10(5)7-8(2)3/h6-7H,2H2,1,3-5H3/b9-6-,10-7-. The predicted octanol–water partition coefficient (Wildman–Crippen LogP) is 3.48. The van der Waals surface area contributed by atoms with Crippen LogP contribution in [0.25, 0.3) is 0 Å². The summed E-state index contributed by atoms with van der Waals surface area (Å²) in [5, 5.41) is 0. The van der Waals surface area contributed by atoms with Gasteiger partial charge in [-0.25, -0.2) is 0 Å². The number of rotatable bonds is 2. The zero-order valence-electron chi connectivity index (χ0n) is 7.36. The molecular formula is C10H16. The molecule has 0 bridgehead atoms. The van der Waals surface area contributed by atoms with E-state index in [1.54, 1.807) is 0 Å². The van der Waals surface area contributed by atoms with Gasteiger partial charge in [0.2, 0.25) is 0 Å². The van der Waals surface area contributed by atoms with Crippen molar-refractivity contribution in [2.75, 3.05) is 0 Å². The lowest BCUT2D eigenvalue weighted by Gasteiger charge is -1.98. The normalized spacial score (nSPS) is 13.6. The number of hydrogen-bond acceptors (Lipinski definition) is 0. The SMILES string of the molecule is C=C(C)/C=C(C)\C(C)=C/C. The van der Waals surface area contributed by atoms with Gasteiger partial charge in [-0.15, -0.1) is 0 Å². The molecule has 10 heavy (non-hydrogen) atoms. The fourth-order valence-corrected chi connectivity index (χ4v) is 0.711. The Bertz CT molecular complexity index is 180. The Hall–Kier alpha value is -0.780. The second-order valence-electron chi connectivity index (χ2n) is 2.65. The van der Waals surface area contributed by atoms with E-state index in [9.17, 15) is 0 Å². The van der Waals surface area contributed by atoms with Crippen molar-refractivity contribution in [1.82, 2.24) is 0 Å². The summed E-state index contributed by atoms with van der Waals surface area (Å²) in [6.45, 7) is 12.1. The molecule has 0 fully saturated rings. The van der Waals surface area contributed by atoms with Gasteiger partial charge in [0.05, 0.1) is 0 Å². The van der Waals surface area contributed by atoms with E-state index in [0.29, 0.717) is 0 Å². The van der Waals surface area contributed by atoms with Gasteiger partial charge in [0, 0.05) is 0 Å². The third kappa shape index (κ3) is 3.29. The van der Waals surface area contributed by atoms with Gasteiger partial charge in [-0.3, -0.25) is 0 Å². The fraction of sp³-hybridized carbons (Fsp3) is 0.400. The van der Waals surface area contributed by atoms with E-state index < -0.39 is 0 Å². The van der Waals surface area contributed by atoms with Crippen LogP contribution in [0, 0.1) is 0 Å². The zero-order chi connectivity index (χ0) is 8.15. The van der Waals surface area contributed by atoms with Crippen molar-refractivity contribution in [1.29, 1.82) is 0 Å². The Morgan fingerprint density at radius 2 is 1.60 bits per heavy atom. The summed E-state index contributed by atoms with van der Waals surface area (Å²) in [5.41, 5.74) is 3.73. The Morgan fingerprint density at radius 3 is 1.90 bits per heavy atom. The Labute approximate surface area is 64.0 Å². The molecule has 0 heterocycles. The summed E-state index contributed by atoms with van der Waals surface area (Å²) >= 11 is 0. The number of allylic oxidation sites excluding steroid dienone is 5. The molecule has 0 heteroatoms. The van der Waals surface area contributed by atoms with Crippen molar-refractivity contribution >= 4 is 0 Å². The van der Waals surface area contributed by atoms with Gasteiger partial charge in [-0.2, -0.15) is 0 Å². The third-order valence-corrected chi connectivity index (χ3v) is 1.52. The highest BCUT2D eigenvalue weighted by Crippen LogP contribution is 2.09. The highest BCUT2D eigenvalue weighted by Gasteiger charge is 1.88. The fourth-order valence-electron chi connectivity index (χ4n) is 0.711. The maximum atomic E-state index is 3.81. The predicted molar refractivity (Wildman–Crippen MR) is 48.0 cm³/mol. The lowest BCUT2D eigenvalue weighted by Crippen LogP contribution is -1.78. The lowest BCUT2D eigenvalue weighted by molar-refractivity contribution is 1.31. The molecule has 0 spiro atoms. The van der Waals surface area contributed by atoms with Gasteiger partial charge >= 0.3 is 0 Å². The first-order valence-corrected chi connectivity index (χ1v) is 3.55. The van der Waals surface area contributed by atoms with E-state index in [-0.39, 0.29) is 0 Å². The van der Waals surface area contributed by atoms with Gasteiger partial charge in [-0.05, 0) is 33.3 Å². The van der Waals surface area contributed by atoms with Crippen LogP contribution >= 0.6 is 0 Å². The van der Waals surface area contributed by atoms with E-state index >= 15 is 0 Å². The molecule has 0 saturated heterocycles. The van der Waals surface area contributed by atoms with Gasteiger partial charge in [0.15, 0.2) is 0 Å². The highest BCUT2D eigenvalue weighted by molar-refractivity contribution is 5.32. The van der Waals surface area contributed by atoms with Crippen LogP contribution in [0.1, 0.15) is 27.7 Å². The average molecular weight is 136 g/mol. The van der Waals surface area contributed by atoms with Crippen LogP contribution in [-0.4, -0.2) is 0 Å². The van der Waals surface area contributed by atoms with Crippen molar-refractivity contribution in [3.63, 3.8) is 0 Å². The largest absolute Gasteiger partial charge is 0.0961 e. The summed E-state index contributed by atoms with van der Waals surface area (Å²) in [6.07, 6.45) is 4.20. The first-order valence-electron chi connectivity index (χ1n) is 3.55. The maximum absolute atomic E-state index is 3.81. The molecule has 0 rings (SSSR count). The van der Waals surface area contributed by atoms with Crippen LogP contribution in [-0.2, 0) is 0 Å². The summed E-state index contributed by atoms with van der Waals surface area (Å²) in [5.74, 6) is 0. The van der Waals surface area contributed by atoms with Crippen molar-refractivity contribution < 1.29 is 0 Å². The molecule has 0 aliphatic rings. The molecule has 0 aliphatic carbocycles. The highest BCUT2D eigenvalue weighted by atomic mass is 13.9. The molecular weight excluding hydrogens is 120 g/mol. The summed E-state index contributed by atoms with van der Waals surface area (Å²) in [4.78, 5) is 0. The Morgan fingerprint density at radius 1 is 1.10 bits per heavy atom. The minimum absolute atomic E-state index is 1.11. The second kappa shape index (κ2) is 4.10. The van der Waals surface area contributed by atoms with Gasteiger partial charge in [0.25, 0.3) is 0 Å². The van der Waals surface area contributed by atoms with Crippen molar-refractivity contribution in [2.45, 2.75) is 27.7 Å². The minimum Gasteiger partial charge on any atom is -0.0961 e. The zero-order valence-corrected chi connectivity index (χ0v) is 7.36. The quantitative estimate of drug-likeness (QED) is 0.510. The molecule has 0 aromatic carbocycles. The Kier molecular flexibility index (Phi) is 3.78. The van der Waals surface area contributed by atoms with Crippen molar-refractivity contribution in [3.8, 4) is 0 Å². The molecule has 0 unspecified atom stereocenters. The molecule has 0 N–H and O–H groups in total. The summed E-state index contributed by atoms with van der Waals surface area (Å²) in [6, 6.07) is 0. The first-order chi connectivity index (χ1) is 4.57. The van der Waals surface area contributed by atoms with Gasteiger partial charge in [0.1, 0.15) is 0 Å². The molecule has 0 aromatic rings. The average Bonchev–Trinajstić information content (AvgIpc) is 1.85. The molecule has 0 amide bonds. The van der Waals surface area contributed by atoms with Crippen LogP contribution in [0.15, 0.2) is 35.5 Å². The van der Waals surface area contributed by atoms with E-state index in [1.807, 2.05) is 13.8 Å². The van der Waals surface area contributed by atoms with Crippen LogP contribution < -0.4 is 0 Å². The van der Waals surface area contributed by atoms with Crippen molar-refractivity contribution in [3.05, 3.63) is 35.5 Å².